The first kappa shape index (κ1) is 23.7. The zero-order valence-electron chi connectivity index (χ0n) is 20.1. The first-order valence-corrected chi connectivity index (χ1v) is 11.9. The maximum atomic E-state index is 13.9. The molecular formula is C29H27F2N3O2. The number of anilines is 3. The van der Waals surface area contributed by atoms with Crippen LogP contribution in [-0.4, -0.2) is 18.2 Å². The largest absolute Gasteiger partial charge is 0.357 e. The second-order valence-electron chi connectivity index (χ2n) is 10.1. The monoisotopic (exact) mass is 487 g/mol. The lowest BCUT2D eigenvalue weighted by Crippen LogP contribution is -2.40. The molecule has 0 fully saturated rings. The molecule has 184 valence electrons. The van der Waals surface area contributed by atoms with Gasteiger partial charge >= 0.3 is 0 Å². The van der Waals surface area contributed by atoms with Gasteiger partial charge in [-0.05, 0) is 59.9 Å². The van der Waals surface area contributed by atoms with Crippen molar-refractivity contribution in [2.24, 2.45) is 5.41 Å². The van der Waals surface area contributed by atoms with Gasteiger partial charge in [-0.25, -0.2) is 8.78 Å². The Kier molecular flexibility index (Phi) is 6.08. The molecule has 5 rings (SSSR count). The van der Waals surface area contributed by atoms with Crippen molar-refractivity contribution < 1.29 is 18.4 Å². The number of rotatable bonds is 4. The molecule has 1 unspecified atom stereocenters. The Morgan fingerprint density at radius 1 is 1.00 bits per heavy atom. The molecule has 2 aliphatic rings. The van der Waals surface area contributed by atoms with Crippen LogP contribution in [0.15, 0.2) is 84.1 Å². The number of benzene rings is 3. The maximum absolute atomic E-state index is 13.9. The highest BCUT2D eigenvalue weighted by atomic mass is 19.1. The Bertz CT molecular complexity index is 1360. The smallest absolute Gasteiger partial charge is 0.243 e. The number of amides is 1. The van der Waals surface area contributed by atoms with Crippen molar-refractivity contribution >= 4 is 28.8 Å². The predicted octanol–water partition coefficient (Wildman–Crippen LogP) is 6.22. The Hall–Kier alpha value is -4.00. The number of Topliss-reactive ketones (excluding diaryl/α,β-unsaturated/α-hetero) is 1. The number of ketones is 1. The summed E-state index contributed by atoms with van der Waals surface area (Å²) in [5, 5.41) is 6.24. The van der Waals surface area contributed by atoms with Crippen LogP contribution < -0.4 is 15.5 Å². The van der Waals surface area contributed by atoms with Crippen molar-refractivity contribution in [3.05, 3.63) is 101 Å². The molecule has 0 radical (unpaired) electrons. The number of hydrogen-bond donors (Lipinski definition) is 2. The third-order valence-corrected chi connectivity index (χ3v) is 6.61. The van der Waals surface area contributed by atoms with Crippen LogP contribution in [0.5, 0.6) is 0 Å². The Balaban J connectivity index is 1.63. The van der Waals surface area contributed by atoms with Crippen molar-refractivity contribution in [1.29, 1.82) is 0 Å². The lowest BCUT2D eigenvalue weighted by atomic mass is 9.73. The minimum atomic E-state index is -0.612. The van der Waals surface area contributed by atoms with Gasteiger partial charge in [0.05, 0.1) is 24.0 Å². The van der Waals surface area contributed by atoms with Gasteiger partial charge in [0.2, 0.25) is 5.91 Å². The number of nitrogens with zero attached hydrogens (tertiary/aromatic N) is 1. The van der Waals surface area contributed by atoms with E-state index in [2.05, 4.69) is 24.5 Å². The molecule has 1 amide bonds. The number of halogens is 2. The summed E-state index contributed by atoms with van der Waals surface area (Å²) in [5.74, 6) is -1.21. The van der Waals surface area contributed by atoms with Gasteiger partial charge in [-0.3, -0.25) is 9.59 Å². The van der Waals surface area contributed by atoms with Crippen molar-refractivity contribution in [3.8, 4) is 0 Å². The molecule has 0 bridgehead atoms. The molecule has 5 nitrogen and oxygen atoms in total. The SMILES string of the molecule is CC1(C)CC(=O)C2=C(C1)Nc1ccccc1N(CC(=O)Nc1cccc(F)c1)C2c1ccc(F)cc1. The molecule has 0 saturated carbocycles. The van der Waals surface area contributed by atoms with Gasteiger partial charge in [-0.2, -0.15) is 0 Å². The van der Waals surface area contributed by atoms with Crippen LogP contribution in [0, 0.1) is 17.0 Å². The summed E-state index contributed by atoms with van der Waals surface area (Å²) in [6.07, 6.45) is 1.02. The van der Waals surface area contributed by atoms with E-state index in [1.54, 1.807) is 18.2 Å². The fourth-order valence-corrected chi connectivity index (χ4v) is 5.14. The Morgan fingerprint density at radius 2 is 1.75 bits per heavy atom. The summed E-state index contributed by atoms with van der Waals surface area (Å²) < 4.78 is 27.6. The lowest BCUT2D eigenvalue weighted by Gasteiger charge is -2.37. The molecule has 3 aromatic carbocycles. The maximum Gasteiger partial charge on any atom is 0.243 e. The molecule has 1 aliphatic carbocycles. The second kappa shape index (κ2) is 9.22. The van der Waals surface area contributed by atoms with Crippen LogP contribution >= 0.6 is 0 Å². The van der Waals surface area contributed by atoms with E-state index in [0.29, 0.717) is 29.7 Å². The topological polar surface area (TPSA) is 61.4 Å². The predicted molar refractivity (Wildman–Crippen MR) is 137 cm³/mol. The number of carbonyl (C=O) groups is 2. The van der Waals surface area contributed by atoms with Gasteiger partial charge in [-0.1, -0.05) is 44.2 Å². The third-order valence-electron chi connectivity index (χ3n) is 6.61. The van der Waals surface area contributed by atoms with E-state index in [1.807, 2.05) is 29.2 Å². The summed E-state index contributed by atoms with van der Waals surface area (Å²) in [4.78, 5) is 28.7. The first-order valence-electron chi connectivity index (χ1n) is 11.9. The molecule has 2 N–H and O–H groups in total. The summed E-state index contributed by atoms with van der Waals surface area (Å²) in [7, 11) is 0. The summed E-state index contributed by atoms with van der Waals surface area (Å²) in [5.41, 5.74) is 3.72. The molecular weight excluding hydrogens is 460 g/mol. The van der Waals surface area contributed by atoms with E-state index in [1.165, 1.54) is 30.3 Å². The van der Waals surface area contributed by atoms with Gasteiger partial charge in [0.25, 0.3) is 0 Å². The van der Waals surface area contributed by atoms with Crippen LogP contribution in [0.3, 0.4) is 0 Å². The van der Waals surface area contributed by atoms with E-state index >= 15 is 0 Å². The van der Waals surface area contributed by atoms with Gasteiger partial charge in [0.15, 0.2) is 5.78 Å². The third kappa shape index (κ3) is 4.73. The fraction of sp³-hybridized carbons (Fsp3) is 0.241. The standard InChI is InChI=1S/C29H27F2N3O2/c1-29(2)15-23-27(25(35)16-29)28(18-10-12-19(30)13-11-18)34(24-9-4-3-8-22(24)33-23)17-26(36)32-21-7-5-6-20(31)14-21/h3-14,28,33H,15-17H2,1-2H3,(H,32,36). The van der Waals surface area contributed by atoms with Crippen molar-refractivity contribution in [1.82, 2.24) is 0 Å². The summed E-state index contributed by atoms with van der Waals surface area (Å²) in [6.45, 7) is 4.01. The van der Waals surface area contributed by atoms with Crippen molar-refractivity contribution in [2.75, 3.05) is 22.1 Å². The summed E-state index contributed by atoms with van der Waals surface area (Å²) >= 11 is 0. The number of fused-ring (bicyclic) bond motifs is 1. The molecule has 1 aliphatic heterocycles. The molecule has 36 heavy (non-hydrogen) atoms. The Labute approximate surface area is 208 Å². The quantitative estimate of drug-likeness (QED) is 0.459. The van der Waals surface area contributed by atoms with Gasteiger partial charge in [-0.15, -0.1) is 0 Å². The van der Waals surface area contributed by atoms with Crippen LogP contribution in [-0.2, 0) is 9.59 Å². The van der Waals surface area contributed by atoms with Gasteiger partial charge in [0.1, 0.15) is 11.6 Å². The zero-order valence-corrected chi connectivity index (χ0v) is 20.1. The number of nitrogens with one attached hydrogen (secondary N) is 2. The number of hydrogen-bond acceptors (Lipinski definition) is 4. The van der Waals surface area contributed by atoms with E-state index in [9.17, 15) is 18.4 Å². The molecule has 3 aromatic rings. The van der Waals surface area contributed by atoms with E-state index < -0.39 is 11.9 Å². The summed E-state index contributed by atoms with van der Waals surface area (Å²) in [6, 6.07) is 18.7. The van der Waals surface area contributed by atoms with Crippen molar-refractivity contribution in [3.63, 3.8) is 0 Å². The highest BCUT2D eigenvalue weighted by Gasteiger charge is 2.41. The number of allylic oxidation sites excluding steroid dienone is 1. The molecule has 0 saturated heterocycles. The molecule has 1 atom stereocenters. The number of para-hydroxylation sites is 2. The Morgan fingerprint density at radius 3 is 2.50 bits per heavy atom. The average molecular weight is 488 g/mol. The number of carbonyl (C=O) groups excluding carboxylic acids is 2. The van der Waals surface area contributed by atoms with E-state index in [4.69, 9.17) is 0 Å². The lowest BCUT2D eigenvalue weighted by molar-refractivity contribution is -0.119. The average Bonchev–Trinajstić information content (AvgIpc) is 2.93. The first-order chi connectivity index (χ1) is 17.2. The molecule has 7 heteroatoms. The van der Waals surface area contributed by atoms with E-state index in [0.717, 1.165) is 17.1 Å². The second-order valence-corrected chi connectivity index (χ2v) is 10.1. The highest BCUT2D eigenvalue weighted by Crippen LogP contribution is 2.48. The van der Waals surface area contributed by atoms with Crippen LogP contribution in [0.2, 0.25) is 0 Å². The molecule has 0 spiro atoms. The van der Waals surface area contributed by atoms with Gasteiger partial charge < -0.3 is 15.5 Å². The van der Waals surface area contributed by atoms with Crippen LogP contribution in [0.1, 0.15) is 38.3 Å². The highest BCUT2D eigenvalue weighted by molar-refractivity contribution is 6.02. The minimum absolute atomic E-state index is 0.00794. The fourth-order valence-electron chi connectivity index (χ4n) is 5.14. The zero-order chi connectivity index (χ0) is 25.4. The van der Waals surface area contributed by atoms with Crippen molar-refractivity contribution in [2.45, 2.75) is 32.7 Å². The van der Waals surface area contributed by atoms with Gasteiger partial charge in [0, 0.05) is 23.4 Å². The van der Waals surface area contributed by atoms with E-state index in [-0.39, 0.29) is 29.5 Å². The molecule has 0 aromatic heterocycles. The minimum Gasteiger partial charge on any atom is -0.357 e. The van der Waals surface area contributed by atoms with Crippen LogP contribution in [0.4, 0.5) is 25.8 Å². The normalized spacial score (nSPS) is 18.6. The molecule has 1 heterocycles. The van der Waals surface area contributed by atoms with Crippen LogP contribution in [0.25, 0.3) is 0 Å².